The van der Waals surface area contributed by atoms with Crippen molar-refractivity contribution in [3.8, 4) is 5.88 Å². The molecule has 1 aromatic heterocycles. The number of amides is 1. The first-order chi connectivity index (χ1) is 14.8. The number of benzene rings is 2. The Kier molecular flexibility index (Phi) is 7.37. The second-order valence-corrected chi connectivity index (χ2v) is 8.84. The fraction of sp³-hybridized carbons (Fsp3) is 0.143. The molecule has 0 aliphatic heterocycles. The zero-order valence-corrected chi connectivity index (χ0v) is 18.8. The number of sulfonamides is 1. The maximum Gasteiger partial charge on any atom is 0.263 e. The van der Waals surface area contributed by atoms with Crippen molar-refractivity contribution in [2.75, 3.05) is 11.3 Å². The third kappa shape index (κ3) is 5.88. The predicted octanol–water partition coefficient (Wildman–Crippen LogP) is 4.52. The fourth-order valence-electron chi connectivity index (χ4n) is 2.68. The molecule has 0 aliphatic carbocycles. The number of rotatable bonds is 8. The van der Waals surface area contributed by atoms with Crippen LogP contribution < -0.4 is 14.8 Å². The van der Waals surface area contributed by atoms with E-state index in [1.807, 2.05) is 6.92 Å². The van der Waals surface area contributed by atoms with Crippen LogP contribution in [0.5, 0.6) is 5.88 Å². The van der Waals surface area contributed by atoms with E-state index in [0.717, 1.165) is 0 Å². The van der Waals surface area contributed by atoms with Crippen LogP contribution in [0.1, 0.15) is 22.8 Å². The highest BCUT2D eigenvalue weighted by Crippen LogP contribution is 2.26. The molecule has 0 fully saturated rings. The molecule has 162 valence electrons. The number of carbonyl (C=O) groups is 1. The van der Waals surface area contributed by atoms with Crippen LogP contribution in [0.3, 0.4) is 0 Å². The van der Waals surface area contributed by atoms with Gasteiger partial charge in [-0.25, -0.2) is 13.4 Å². The van der Waals surface area contributed by atoms with Crippen molar-refractivity contribution in [2.24, 2.45) is 0 Å². The van der Waals surface area contributed by atoms with Gasteiger partial charge in [-0.05, 0) is 55.5 Å². The summed E-state index contributed by atoms with van der Waals surface area (Å²) in [5.74, 6) is -0.0391. The van der Waals surface area contributed by atoms with Gasteiger partial charge in [-0.15, -0.1) is 0 Å². The number of nitrogens with zero attached hydrogens (tertiary/aromatic N) is 1. The van der Waals surface area contributed by atoms with Gasteiger partial charge in [0.15, 0.2) is 0 Å². The summed E-state index contributed by atoms with van der Waals surface area (Å²) in [5, 5.41) is 3.20. The van der Waals surface area contributed by atoms with Crippen LogP contribution in [0.4, 0.5) is 5.69 Å². The van der Waals surface area contributed by atoms with E-state index in [1.54, 1.807) is 30.5 Å². The second-order valence-electron chi connectivity index (χ2n) is 6.34. The minimum Gasteiger partial charge on any atom is -0.478 e. The molecule has 2 N–H and O–H groups in total. The Bertz CT molecular complexity index is 1190. The van der Waals surface area contributed by atoms with Crippen LogP contribution >= 0.6 is 23.2 Å². The number of hydrogen-bond donors (Lipinski definition) is 2. The standard InChI is InChI=1S/C21H19Cl2N3O4S/c1-2-30-21-15(4-3-11-24-21)13-25-20(27)14-5-10-18(23)19(12-14)31(28,29)26-17-8-6-16(22)7-9-17/h3-12,26H,2,13H2,1H3,(H,25,27). The van der Waals surface area contributed by atoms with Gasteiger partial charge < -0.3 is 10.1 Å². The Morgan fingerprint density at radius 3 is 2.55 bits per heavy atom. The average molecular weight is 480 g/mol. The number of carbonyl (C=O) groups excluding carboxylic acids is 1. The topological polar surface area (TPSA) is 97.4 Å². The van der Waals surface area contributed by atoms with Crippen LogP contribution in [0, 0.1) is 0 Å². The van der Waals surface area contributed by atoms with Crippen molar-refractivity contribution in [1.82, 2.24) is 10.3 Å². The minimum absolute atomic E-state index is 0.0103. The molecule has 2 aromatic carbocycles. The molecule has 3 aromatic rings. The zero-order chi connectivity index (χ0) is 22.4. The van der Waals surface area contributed by atoms with Crippen molar-refractivity contribution in [1.29, 1.82) is 0 Å². The minimum atomic E-state index is -4.03. The molecular formula is C21H19Cl2N3O4S. The van der Waals surface area contributed by atoms with Gasteiger partial charge in [0, 0.05) is 34.6 Å². The number of hydrogen-bond acceptors (Lipinski definition) is 5. The molecule has 1 amide bonds. The largest absolute Gasteiger partial charge is 0.478 e. The van der Waals surface area contributed by atoms with Gasteiger partial charge in [0.1, 0.15) is 4.90 Å². The zero-order valence-electron chi connectivity index (χ0n) is 16.4. The lowest BCUT2D eigenvalue weighted by Crippen LogP contribution is -2.24. The first-order valence-electron chi connectivity index (χ1n) is 9.23. The Balaban J connectivity index is 1.78. The van der Waals surface area contributed by atoms with E-state index in [0.29, 0.717) is 28.8 Å². The van der Waals surface area contributed by atoms with Gasteiger partial charge in [0.2, 0.25) is 5.88 Å². The average Bonchev–Trinajstić information content (AvgIpc) is 2.75. The second kappa shape index (κ2) is 10.00. The molecule has 0 atom stereocenters. The Hall–Kier alpha value is -2.81. The van der Waals surface area contributed by atoms with E-state index in [1.165, 1.54) is 30.3 Å². The molecule has 0 spiro atoms. The van der Waals surface area contributed by atoms with E-state index in [2.05, 4.69) is 15.0 Å². The van der Waals surface area contributed by atoms with E-state index < -0.39 is 15.9 Å². The van der Waals surface area contributed by atoms with E-state index >= 15 is 0 Å². The third-order valence-electron chi connectivity index (χ3n) is 4.15. The molecule has 0 aliphatic rings. The Labute approximate surface area is 190 Å². The molecule has 0 radical (unpaired) electrons. The number of aromatic nitrogens is 1. The number of halogens is 2. The molecule has 0 unspecified atom stereocenters. The van der Waals surface area contributed by atoms with Gasteiger partial charge in [-0.1, -0.05) is 29.3 Å². The number of nitrogens with one attached hydrogen (secondary N) is 2. The molecule has 10 heteroatoms. The maximum atomic E-state index is 12.8. The molecule has 0 saturated heterocycles. The van der Waals surface area contributed by atoms with Gasteiger partial charge in [-0.3, -0.25) is 9.52 Å². The fourth-order valence-corrected chi connectivity index (χ4v) is 4.39. The quantitative estimate of drug-likeness (QED) is 0.494. The first-order valence-corrected chi connectivity index (χ1v) is 11.5. The van der Waals surface area contributed by atoms with Crippen LogP contribution in [-0.4, -0.2) is 25.9 Å². The summed E-state index contributed by atoms with van der Waals surface area (Å²) in [6, 6.07) is 13.7. The van der Waals surface area contributed by atoms with Crippen molar-refractivity contribution in [3.63, 3.8) is 0 Å². The highest BCUT2D eigenvalue weighted by atomic mass is 35.5. The SMILES string of the molecule is CCOc1ncccc1CNC(=O)c1ccc(Cl)c(S(=O)(=O)Nc2ccc(Cl)cc2)c1. The summed E-state index contributed by atoms with van der Waals surface area (Å²) in [6.07, 6.45) is 1.60. The number of pyridine rings is 1. The monoisotopic (exact) mass is 479 g/mol. The van der Waals surface area contributed by atoms with E-state index in [4.69, 9.17) is 27.9 Å². The van der Waals surface area contributed by atoms with Gasteiger partial charge in [0.05, 0.1) is 11.6 Å². The smallest absolute Gasteiger partial charge is 0.263 e. The highest BCUT2D eigenvalue weighted by molar-refractivity contribution is 7.92. The summed E-state index contributed by atoms with van der Waals surface area (Å²) in [6.45, 7) is 2.44. The summed E-state index contributed by atoms with van der Waals surface area (Å²) in [4.78, 5) is 16.5. The number of anilines is 1. The molecule has 3 rings (SSSR count). The molecular weight excluding hydrogens is 461 g/mol. The summed E-state index contributed by atoms with van der Waals surface area (Å²) < 4.78 is 33.4. The van der Waals surface area contributed by atoms with E-state index in [-0.39, 0.29) is 22.0 Å². The van der Waals surface area contributed by atoms with E-state index in [9.17, 15) is 13.2 Å². The summed E-state index contributed by atoms with van der Waals surface area (Å²) in [7, 11) is -4.03. The van der Waals surface area contributed by atoms with Crippen LogP contribution in [0.2, 0.25) is 10.0 Å². The summed E-state index contributed by atoms with van der Waals surface area (Å²) >= 11 is 11.9. The molecule has 0 saturated carbocycles. The van der Waals surface area contributed by atoms with Crippen molar-refractivity contribution in [3.05, 3.63) is 82.0 Å². The lowest BCUT2D eigenvalue weighted by molar-refractivity contribution is 0.0950. The molecule has 1 heterocycles. The number of ether oxygens (including phenoxy) is 1. The van der Waals surface area contributed by atoms with Gasteiger partial charge in [0.25, 0.3) is 15.9 Å². The van der Waals surface area contributed by atoms with Crippen molar-refractivity contribution >= 4 is 44.8 Å². The van der Waals surface area contributed by atoms with Crippen LogP contribution in [-0.2, 0) is 16.6 Å². The van der Waals surface area contributed by atoms with Crippen LogP contribution in [0.15, 0.2) is 65.7 Å². The van der Waals surface area contributed by atoms with Crippen molar-refractivity contribution < 1.29 is 17.9 Å². The molecule has 0 bridgehead atoms. The van der Waals surface area contributed by atoms with Gasteiger partial charge in [-0.2, -0.15) is 0 Å². The molecule has 31 heavy (non-hydrogen) atoms. The third-order valence-corrected chi connectivity index (χ3v) is 6.26. The van der Waals surface area contributed by atoms with Crippen LogP contribution in [0.25, 0.3) is 0 Å². The Morgan fingerprint density at radius 2 is 1.84 bits per heavy atom. The maximum absolute atomic E-state index is 12.8. The Morgan fingerprint density at radius 1 is 1.10 bits per heavy atom. The highest BCUT2D eigenvalue weighted by Gasteiger charge is 2.20. The predicted molar refractivity (Wildman–Crippen MR) is 120 cm³/mol. The summed E-state index contributed by atoms with van der Waals surface area (Å²) in [5.41, 5.74) is 1.15. The van der Waals surface area contributed by atoms with Crippen molar-refractivity contribution in [2.45, 2.75) is 18.4 Å². The first kappa shape index (κ1) is 22.9. The normalized spacial score (nSPS) is 11.1. The molecule has 7 nitrogen and oxygen atoms in total. The lowest BCUT2D eigenvalue weighted by atomic mass is 10.2. The van der Waals surface area contributed by atoms with Gasteiger partial charge >= 0.3 is 0 Å². The lowest BCUT2D eigenvalue weighted by Gasteiger charge is -2.12.